The van der Waals surface area contributed by atoms with Gasteiger partial charge in [0.2, 0.25) is 0 Å². The molecule has 0 atom stereocenters. The number of carbonyl (C=O) groups is 1. The number of anilines is 2. The summed E-state index contributed by atoms with van der Waals surface area (Å²) in [7, 11) is 0. The number of unbranched alkanes of at least 4 members (excludes halogenated alkanes) is 5. The predicted octanol–water partition coefficient (Wildman–Crippen LogP) is 7.69. The molecule has 0 saturated carbocycles. The maximum atomic E-state index is 13.0. The lowest BCUT2D eigenvalue weighted by molar-refractivity contribution is -0.143. The summed E-state index contributed by atoms with van der Waals surface area (Å²) in [6, 6.07) is 7.52. The van der Waals surface area contributed by atoms with Crippen molar-refractivity contribution in [2.45, 2.75) is 50.9 Å². The van der Waals surface area contributed by atoms with Gasteiger partial charge >= 0.3 is 18.4 Å². The number of hydrogen-bond acceptors (Lipinski definition) is 4. The maximum absolute atomic E-state index is 13.0. The third-order valence-electron chi connectivity index (χ3n) is 5.17. The highest BCUT2D eigenvalue weighted by Gasteiger charge is 2.37. The Morgan fingerprint density at radius 2 is 1.42 bits per heavy atom. The fraction of sp³-hybridized carbons (Fsp3) is 0.417. The standard InChI is InChI=1S/C24H26F6N4O2S2/c25-23(26,27)16-13-17(24(28,29)30)15-18(14-16)32-22(37)31-11-7-3-1-2-4-8-12-36-20-10-6-5-9-19(20)33-21(35)34-38/h5-6,9-10,13-15H,1-4,7-8,11-12H2,(H,33,35)(H2,31,32,37). The van der Waals surface area contributed by atoms with Gasteiger partial charge in [-0.2, -0.15) is 26.3 Å². The highest BCUT2D eigenvalue weighted by atomic mass is 32.1. The Hall–Kier alpha value is -3.00. The lowest BCUT2D eigenvalue weighted by atomic mass is 10.1. The van der Waals surface area contributed by atoms with E-state index in [0.717, 1.165) is 38.5 Å². The number of amides is 2. The second-order valence-corrected chi connectivity index (χ2v) is 8.75. The van der Waals surface area contributed by atoms with Crippen molar-refractivity contribution in [3.05, 3.63) is 53.6 Å². The van der Waals surface area contributed by atoms with E-state index in [4.69, 9.17) is 17.0 Å². The zero-order chi connectivity index (χ0) is 28.2. The molecule has 0 aliphatic carbocycles. The van der Waals surface area contributed by atoms with Crippen molar-refractivity contribution in [2.24, 2.45) is 4.36 Å². The molecule has 2 rings (SSSR count). The summed E-state index contributed by atoms with van der Waals surface area (Å²) in [6.45, 7) is 0.879. The molecule has 14 heteroatoms. The third-order valence-corrected chi connectivity index (χ3v) is 5.58. The fourth-order valence-electron chi connectivity index (χ4n) is 3.35. The zero-order valence-corrected chi connectivity index (χ0v) is 21.7. The first-order valence-corrected chi connectivity index (χ1v) is 12.4. The number of ether oxygens (including phenoxy) is 1. The number of urea groups is 1. The smallest absolute Gasteiger partial charge is 0.416 e. The number of halogens is 6. The number of thiocarbonyl (C=S) groups is 1. The van der Waals surface area contributed by atoms with Gasteiger partial charge in [0.25, 0.3) is 0 Å². The van der Waals surface area contributed by atoms with E-state index in [1.807, 2.05) is 0 Å². The van der Waals surface area contributed by atoms with Crippen molar-refractivity contribution < 1.29 is 35.9 Å². The Bertz CT molecular complexity index is 1060. The van der Waals surface area contributed by atoms with E-state index in [2.05, 4.69) is 32.7 Å². The first kappa shape index (κ1) is 31.2. The van der Waals surface area contributed by atoms with Crippen LogP contribution in [0.15, 0.2) is 46.8 Å². The SMILES string of the molecule is O=C(N=S)Nc1ccccc1OCCCCCCCCNC(=S)Nc1cc(C(F)(F)F)cc(C(F)(F)F)c1. The second-order valence-electron chi connectivity index (χ2n) is 8.16. The van der Waals surface area contributed by atoms with Crippen molar-refractivity contribution in [1.29, 1.82) is 0 Å². The van der Waals surface area contributed by atoms with Crippen LogP contribution in [0.5, 0.6) is 5.75 Å². The van der Waals surface area contributed by atoms with Gasteiger partial charge in [-0.1, -0.05) is 37.8 Å². The molecule has 0 aliphatic heterocycles. The van der Waals surface area contributed by atoms with E-state index in [9.17, 15) is 31.1 Å². The van der Waals surface area contributed by atoms with Gasteiger partial charge in [0.1, 0.15) is 5.75 Å². The molecule has 6 nitrogen and oxygen atoms in total. The van der Waals surface area contributed by atoms with Crippen LogP contribution in [0.2, 0.25) is 0 Å². The largest absolute Gasteiger partial charge is 0.491 e. The van der Waals surface area contributed by atoms with Crippen LogP contribution in [0.25, 0.3) is 0 Å². The van der Waals surface area contributed by atoms with E-state index in [-0.39, 0.29) is 11.2 Å². The number of nitrogens with one attached hydrogen (secondary N) is 3. The molecule has 0 aromatic heterocycles. The van der Waals surface area contributed by atoms with E-state index >= 15 is 0 Å². The summed E-state index contributed by atoms with van der Waals surface area (Å²) in [4.78, 5) is 11.3. The summed E-state index contributed by atoms with van der Waals surface area (Å²) in [5.41, 5.74) is -2.74. The van der Waals surface area contributed by atoms with Gasteiger partial charge in [0.05, 0.1) is 23.4 Å². The highest BCUT2D eigenvalue weighted by molar-refractivity contribution is 7.80. The van der Waals surface area contributed by atoms with Crippen LogP contribution in [-0.4, -0.2) is 24.3 Å². The quantitative estimate of drug-likeness (QED) is 0.136. The third kappa shape index (κ3) is 11.2. The molecule has 0 bridgehead atoms. The van der Waals surface area contributed by atoms with E-state index in [0.29, 0.717) is 36.7 Å². The predicted molar refractivity (Wildman–Crippen MR) is 139 cm³/mol. The lowest BCUT2D eigenvalue weighted by Crippen LogP contribution is -2.29. The van der Waals surface area contributed by atoms with Crippen molar-refractivity contribution in [3.63, 3.8) is 0 Å². The topological polar surface area (TPSA) is 74.8 Å². The Morgan fingerprint density at radius 1 is 0.842 bits per heavy atom. The molecule has 0 spiro atoms. The van der Waals surface area contributed by atoms with E-state index in [1.54, 1.807) is 24.3 Å². The summed E-state index contributed by atoms with van der Waals surface area (Å²) in [6.07, 6.45) is -4.68. The summed E-state index contributed by atoms with van der Waals surface area (Å²) in [5.74, 6) is 0.523. The number of benzene rings is 2. The molecular formula is C24H26F6N4O2S2. The van der Waals surface area contributed by atoms with Gasteiger partial charge in [0, 0.05) is 24.7 Å². The van der Waals surface area contributed by atoms with Crippen LogP contribution in [0, 0.1) is 0 Å². The molecule has 0 heterocycles. The van der Waals surface area contributed by atoms with Crippen LogP contribution in [-0.2, 0) is 24.8 Å². The minimum absolute atomic E-state index is 0.0623. The number of alkyl halides is 6. The first-order valence-electron chi connectivity index (χ1n) is 11.6. The van der Waals surface area contributed by atoms with Gasteiger partial charge in [-0.3, -0.25) is 0 Å². The van der Waals surface area contributed by atoms with Crippen LogP contribution in [0.4, 0.5) is 42.5 Å². The first-order chi connectivity index (χ1) is 17.9. The number of rotatable bonds is 12. The van der Waals surface area contributed by atoms with Crippen molar-refractivity contribution in [2.75, 3.05) is 23.8 Å². The number of para-hydroxylation sites is 2. The normalized spacial score (nSPS) is 11.5. The molecule has 208 valence electrons. The summed E-state index contributed by atoms with van der Waals surface area (Å²) in [5, 5.41) is 7.66. The highest BCUT2D eigenvalue weighted by Crippen LogP contribution is 2.37. The Kier molecular flexibility index (Phi) is 12.2. The molecular weight excluding hydrogens is 554 g/mol. The molecule has 0 radical (unpaired) electrons. The average Bonchev–Trinajstić information content (AvgIpc) is 2.84. The summed E-state index contributed by atoms with van der Waals surface area (Å²) < 4.78 is 86.6. The minimum Gasteiger partial charge on any atom is -0.491 e. The van der Waals surface area contributed by atoms with Gasteiger partial charge in [0.15, 0.2) is 5.11 Å². The Balaban J connectivity index is 1.63. The summed E-state index contributed by atoms with van der Waals surface area (Å²) >= 11 is 9.36. The zero-order valence-electron chi connectivity index (χ0n) is 20.0. The molecule has 0 saturated heterocycles. The second kappa shape index (κ2) is 14.8. The van der Waals surface area contributed by atoms with Crippen LogP contribution < -0.4 is 20.7 Å². The van der Waals surface area contributed by atoms with Crippen LogP contribution >= 0.6 is 12.2 Å². The number of carbonyl (C=O) groups excluding carboxylic acids is 1. The Labute approximate surface area is 226 Å². The monoisotopic (exact) mass is 580 g/mol. The number of hydrogen-bond donors (Lipinski definition) is 3. The molecule has 2 amide bonds. The van der Waals surface area contributed by atoms with Crippen molar-refractivity contribution in [1.82, 2.24) is 5.32 Å². The van der Waals surface area contributed by atoms with E-state index < -0.39 is 35.2 Å². The lowest BCUT2D eigenvalue weighted by Gasteiger charge is -2.16. The van der Waals surface area contributed by atoms with Gasteiger partial charge in [-0.25, -0.2) is 4.79 Å². The minimum atomic E-state index is -4.93. The molecule has 3 N–H and O–H groups in total. The van der Waals surface area contributed by atoms with Crippen molar-refractivity contribution in [3.8, 4) is 5.75 Å². The molecule has 2 aromatic carbocycles. The van der Waals surface area contributed by atoms with Gasteiger partial charge in [-0.05, 0) is 55.4 Å². The molecule has 2 aromatic rings. The molecule has 0 fully saturated rings. The van der Waals surface area contributed by atoms with Crippen molar-refractivity contribution >= 4 is 47.2 Å². The van der Waals surface area contributed by atoms with E-state index in [1.165, 1.54) is 0 Å². The average molecular weight is 581 g/mol. The van der Waals surface area contributed by atoms with Crippen LogP contribution in [0.1, 0.15) is 49.7 Å². The molecule has 0 unspecified atom stereocenters. The number of nitrogens with zero attached hydrogens (tertiary/aromatic N) is 1. The molecule has 0 aliphatic rings. The van der Waals surface area contributed by atoms with Gasteiger partial charge in [-0.15, -0.1) is 4.36 Å². The maximum Gasteiger partial charge on any atom is 0.416 e. The van der Waals surface area contributed by atoms with Gasteiger partial charge < -0.3 is 20.7 Å². The Morgan fingerprint density at radius 3 is 2.03 bits per heavy atom. The molecule has 38 heavy (non-hydrogen) atoms. The van der Waals surface area contributed by atoms with Crippen LogP contribution in [0.3, 0.4) is 0 Å². The fourth-order valence-corrected chi connectivity index (χ4v) is 3.62.